The van der Waals surface area contributed by atoms with Gasteiger partial charge in [0.2, 0.25) is 5.95 Å². The summed E-state index contributed by atoms with van der Waals surface area (Å²) in [6, 6.07) is 7.15. The molecule has 2 aromatic rings. The smallest absolute Gasteiger partial charge is 0.270 e. The van der Waals surface area contributed by atoms with Gasteiger partial charge < -0.3 is 10.6 Å². The lowest BCUT2D eigenvalue weighted by Gasteiger charge is -2.20. The quantitative estimate of drug-likeness (QED) is 0.898. The first-order valence-corrected chi connectivity index (χ1v) is 6.73. The number of amides is 1. The highest BCUT2D eigenvalue weighted by molar-refractivity contribution is 5.92. The van der Waals surface area contributed by atoms with Gasteiger partial charge in [-0.3, -0.25) is 9.78 Å². The molecule has 6 nitrogen and oxygen atoms in total. The average Bonchev–Trinajstić information content (AvgIpc) is 2.44. The third-order valence-electron chi connectivity index (χ3n) is 2.53. The average molecular weight is 285 g/mol. The van der Waals surface area contributed by atoms with E-state index in [2.05, 4.69) is 25.6 Å². The fourth-order valence-corrected chi connectivity index (χ4v) is 1.64. The molecule has 0 atom stereocenters. The molecule has 0 saturated carbocycles. The number of rotatable bonds is 4. The van der Waals surface area contributed by atoms with Crippen molar-refractivity contribution in [2.75, 3.05) is 5.32 Å². The molecule has 1 amide bonds. The maximum atomic E-state index is 12.1. The Hall–Kier alpha value is -2.50. The molecule has 6 heteroatoms. The summed E-state index contributed by atoms with van der Waals surface area (Å²) in [5.74, 6) is 0.188. The van der Waals surface area contributed by atoms with Crippen LogP contribution in [-0.4, -0.2) is 26.4 Å². The Labute approximate surface area is 124 Å². The first kappa shape index (κ1) is 14.9. The molecule has 2 N–H and O–H groups in total. The van der Waals surface area contributed by atoms with E-state index in [1.54, 1.807) is 18.5 Å². The van der Waals surface area contributed by atoms with Crippen LogP contribution in [0.25, 0.3) is 0 Å². The molecule has 2 heterocycles. The van der Waals surface area contributed by atoms with Crippen molar-refractivity contribution in [3.05, 3.63) is 48.0 Å². The molecular weight excluding hydrogens is 266 g/mol. The van der Waals surface area contributed by atoms with Crippen LogP contribution in [0.3, 0.4) is 0 Å². The second-order valence-electron chi connectivity index (χ2n) is 5.64. The maximum Gasteiger partial charge on any atom is 0.270 e. The summed E-state index contributed by atoms with van der Waals surface area (Å²) >= 11 is 0. The van der Waals surface area contributed by atoms with Crippen molar-refractivity contribution in [1.29, 1.82) is 0 Å². The van der Waals surface area contributed by atoms with E-state index in [1.807, 2.05) is 39.0 Å². The number of carbonyl (C=O) groups is 1. The number of nitrogens with one attached hydrogen (secondary N) is 2. The summed E-state index contributed by atoms with van der Waals surface area (Å²) in [6.45, 7) is 6.38. The zero-order chi connectivity index (χ0) is 15.3. The Bertz CT molecular complexity index is 607. The van der Waals surface area contributed by atoms with Crippen LogP contribution in [0.15, 0.2) is 36.7 Å². The molecule has 0 bridgehead atoms. The lowest BCUT2D eigenvalue weighted by Crippen LogP contribution is -2.29. The molecule has 0 aliphatic rings. The predicted octanol–water partition coefficient (Wildman–Crippen LogP) is 2.01. The van der Waals surface area contributed by atoms with Gasteiger partial charge in [0.1, 0.15) is 5.69 Å². The molecule has 0 saturated heterocycles. The zero-order valence-corrected chi connectivity index (χ0v) is 12.4. The van der Waals surface area contributed by atoms with Crippen molar-refractivity contribution in [1.82, 2.24) is 20.3 Å². The van der Waals surface area contributed by atoms with Crippen molar-refractivity contribution >= 4 is 11.9 Å². The van der Waals surface area contributed by atoms with E-state index >= 15 is 0 Å². The second kappa shape index (κ2) is 6.30. The molecule has 0 fully saturated rings. The van der Waals surface area contributed by atoms with Gasteiger partial charge in [-0.15, -0.1) is 0 Å². The molecule has 0 unspecified atom stereocenters. The third-order valence-corrected chi connectivity index (χ3v) is 2.53. The van der Waals surface area contributed by atoms with Crippen molar-refractivity contribution in [2.45, 2.75) is 32.9 Å². The summed E-state index contributed by atoms with van der Waals surface area (Å²) < 4.78 is 0. The van der Waals surface area contributed by atoms with Crippen molar-refractivity contribution < 1.29 is 4.79 Å². The minimum absolute atomic E-state index is 0.164. The van der Waals surface area contributed by atoms with E-state index in [1.165, 1.54) is 0 Å². The molecule has 0 aromatic carbocycles. The number of aromatic nitrogens is 3. The molecule has 21 heavy (non-hydrogen) atoms. The van der Waals surface area contributed by atoms with Gasteiger partial charge in [-0.25, -0.2) is 9.97 Å². The van der Waals surface area contributed by atoms with E-state index in [9.17, 15) is 4.79 Å². The van der Waals surface area contributed by atoms with Crippen LogP contribution >= 0.6 is 0 Å². The van der Waals surface area contributed by atoms with Gasteiger partial charge in [0.25, 0.3) is 5.91 Å². The van der Waals surface area contributed by atoms with Gasteiger partial charge in [0, 0.05) is 17.9 Å². The molecule has 0 aliphatic carbocycles. The van der Waals surface area contributed by atoms with E-state index in [-0.39, 0.29) is 11.4 Å². The molecule has 2 rings (SSSR count). The number of pyridine rings is 1. The van der Waals surface area contributed by atoms with Crippen LogP contribution < -0.4 is 10.6 Å². The third kappa shape index (κ3) is 4.83. The van der Waals surface area contributed by atoms with Crippen LogP contribution in [0.1, 0.15) is 37.0 Å². The lowest BCUT2D eigenvalue weighted by atomic mass is 10.1. The van der Waals surface area contributed by atoms with Gasteiger partial charge in [0.05, 0.1) is 12.2 Å². The SMILES string of the molecule is CC(C)(C)Nc1nccc(C(=O)NCc2ccccn2)n1. The first-order chi connectivity index (χ1) is 9.94. The Morgan fingerprint density at radius 2 is 1.95 bits per heavy atom. The number of hydrogen-bond donors (Lipinski definition) is 2. The summed E-state index contributed by atoms with van der Waals surface area (Å²) in [6.07, 6.45) is 3.26. The lowest BCUT2D eigenvalue weighted by molar-refractivity contribution is 0.0945. The summed E-state index contributed by atoms with van der Waals surface area (Å²) in [5, 5.41) is 5.92. The normalized spacial score (nSPS) is 11.0. The Morgan fingerprint density at radius 1 is 1.14 bits per heavy atom. The van der Waals surface area contributed by atoms with Gasteiger partial charge in [0.15, 0.2) is 0 Å². The molecule has 110 valence electrons. The predicted molar refractivity (Wildman–Crippen MR) is 80.8 cm³/mol. The first-order valence-electron chi connectivity index (χ1n) is 6.73. The van der Waals surface area contributed by atoms with Crippen LogP contribution in [0.2, 0.25) is 0 Å². The molecule has 0 spiro atoms. The van der Waals surface area contributed by atoms with Gasteiger partial charge in [-0.05, 0) is 39.0 Å². The van der Waals surface area contributed by atoms with E-state index in [0.29, 0.717) is 18.2 Å². The minimum atomic E-state index is -0.250. The Morgan fingerprint density at radius 3 is 2.62 bits per heavy atom. The highest BCUT2D eigenvalue weighted by atomic mass is 16.1. The van der Waals surface area contributed by atoms with Crippen LogP contribution in [0.5, 0.6) is 0 Å². The highest BCUT2D eigenvalue weighted by Crippen LogP contribution is 2.09. The highest BCUT2D eigenvalue weighted by Gasteiger charge is 2.13. The van der Waals surface area contributed by atoms with E-state index in [0.717, 1.165) is 5.69 Å². The molecular formula is C15H19N5O. The van der Waals surface area contributed by atoms with Gasteiger partial charge in [-0.1, -0.05) is 6.07 Å². The van der Waals surface area contributed by atoms with E-state index in [4.69, 9.17) is 0 Å². The fourth-order valence-electron chi connectivity index (χ4n) is 1.64. The summed E-state index contributed by atoms with van der Waals surface area (Å²) in [4.78, 5) is 24.6. The number of anilines is 1. The van der Waals surface area contributed by atoms with Gasteiger partial charge in [-0.2, -0.15) is 0 Å². The Balaban J connectivity index is 2.01. The molecule has 2 aromatic heterocycles. The van der Waals surface area contributed by atoms with Crippen LogP contribution in [0.4, 0.5) is 5.95 Å². The molecule has 0 aliphatic heterocycles. The van der Waals surface area contributed by atoms with Crippen LogP contribution in [-0.2, 0) is 6.54 Å². The van der Waals surface area contributed by atoms with Crippen molar-refractivity contribution in [2.24, 2.45) is 0 Å². The topological polar surface area (TPSA) is 79.8 Å². The van der Waals surface area contributed by atoms with E-state index < -0.39 is 0 Å². The summed E-state index contributed by atoms with van der Waals surface area (Å²) in [7, 11) is 0. The number of nitrogens with zero attached hydrogens (tertiary/aromatic N) is 3. The van der Waals surface area contributed by atoms with Crippen molar-refractivity contribution in [3.63, 3.8) is 0 Å². The van der Waals surface area contributed by atoms with Crippen molar-refractivity contribution in [3.8, 4) is 0 Å². The minimum Gasteiger partial charge on any atom is -0.350 e. The van der Waals surface area contributed by atoms with Crippen LogP contribution in [0, 0.1) is 0 Å². The number of carbonyl (C=O) groups excluding carboxylic acids is 1. The monoisotopic (exact) mass is 285 g/mol. The second-order valence-corrected chi connectivity index (χ2v) is 5.64. The molecule has 0 radical (unpaired) electrons. The standard InChI is InChI=1S/C15H19N5O/c1-15(2,3)20-14-17-9-7-12(19-14)13(21)18-10-11-6-4-5-8-16-11/h4-9H,10H2,1-3H3,(H,18,21)(H,17,19,20). The maximum absolute atomic E-state index is 12.1. The van der Waals surface area contributed by atoms with Gasteiger partial charge >= 0.3 is 0 Å². The largest absolute Gasteiger partial charge is 0.350 e. The summed E-state index contributed by atoms with van der Waals surface area (Å²) in [5.41, 5.74) is 0.962. The number of hydrogen-bond acceptors (Lipinski definition) is 5. The fraction of sp³-hybridized carbons (Fsp3) is 0.333. The zero-order valence-electron chi connectivity index (χ0n) is 12.4. The Kier molecular flexibility index (Phi) is 4.47.